The highest BCUT2D eigenvalue weighted by molar-refractivity contribution is 5.87. The number of hydrogen-bond donors (Lipinski definition) is 3. The fraction of sp³-hybridized carbons (Fsp3) is 0.484. The molecule has 3 aromatic rings. The third-order valence-corrected chi connectivity index (χ3v) is 7.96. The first-order chi connectivity index (χ1) is 19.5. The predicted octanol–water partition coefficient (Wildman–Crippen LogP) is 3.77. The first-order valence-electron chi connectivity index (χ1n) is 14.5. The van der Waals surface area contributed by atoms with Gasteiger partial charge in [-0.05, 0) is 75.1 Å². The third kappa shape index (κ3) is 6.81. The van der Waals surface area contributed by atoms with Gasteiger partial charge in [0.05, 0.1) is 19.6 Å². The predicted molar refractivity (Wildman–Crippen MR) is 154 cm³/mol. The van der Waals surface area contributed by atoms with E-state index >= 15 is 0 Å². The van der Waals surface area contributed by atoms with Gasteiger partial charge in [0.15, 0.2) is 0 Å². The van der Waals surface area contributed by atoms with Crippen LogP contribution < -0.4 is 10.6 Å². The van der Waals surface area contributed by atoms with Gasteiger partial charge < -0.3 is 25.3 Å². The number of aryl methyl sites for hydroxylation is 3. The molecule has 0 aliphatic carbocycles. The summed E-state index contributed by atoms with van der Waals surface area (Å²) in [5.74, 6) is 0.310. The molecule has 40 heavy (non-hydrogen) atoms. The van der Waals surface area contributed by atoms with Gasteiger partial charge in [0.25, 0.3) is 0 Å². The minimum absolute atomic E-state index is 0.00274. The Bertz CT molecular complexity index is 1350. The van der Waals surface area contributed by atoms with Gasteiger partial charge in [-0.2, -0.15) is 0 Å². The molecule has 0 spiro atoms. The van der Waals surface area contributed by atoms with Crippen LogP contribution in [0.25, 0.3) is 10.9 Å². The Morgan fingerprint density at radius 1 is 1.20 bits per heavy atom. The van der Waals surface area contributed by atoms with E-state index in [1.54, 1.807) is 11.8 Å². The highest BCUT2D eigenvalue weighted by Gasteiger charge is 2.33. The molecule has 0 saturated carbocycles. The van der Waals surface area contributed by atoms with Crippen LogP contribution >= 0.6 is 0 Å². The topological polar surface area (TPSA) is 116 Å². The van der Waals surface area contributed by atoms with Crippen LogP contribution in [0.4, 0.5) is 5.82 Å². The monoisotopic (exact) mass is 545 g/mol. The van der Waals surface area contributed by atoms with Crippen LogP contribution in [0.3, 0.4) is 0 Å². The lowest BCUT2D eigenvalue weighted by molar-refractivity contribution is -0.144. The van der Waals surface area contributed by atoms with E-state index in [0.717, 1.165) is 66.6 Å². The van der Waals surface area contributed by atoms with E-state index in [-0.39, 0.29) is 42.7 Å². The molecule has 2 aromatic heterocycles. The minimum Gasteiger partial charge on any atom is -0.466 e. The van der Waals surface area contributed by atoms with Crippen molar-refractivity contribution in [2.75, 3.05) is 31.6 Å². The average Bonchev–Trinajstić information content (AvgIpc) is 3.53. The fourth-order valence-corrected chi connectivity index (χ4v) is 5.82. The number of likely N-dealkylation sites (tertiary alicyclic amines) is 1. The van der Waals surface area contributed by atoms with E-state index in [1.807, 2.05) is 24.4 Å². The minimum atomic E-state index is -0.377. The van der Waals surface area contributed by atoms with Crippen molar-refractivity contribution in [3.8, 4) is 0 Å². The van der Waals surface area contributed by atoms with Crippen LogP contribution in [0.15, 0.2) is 42.6 Å². The van der Waals surface area contributed by atoms with Gasteiger partial charge in [-0.15, -0.1) is 0 Å². The highest BCUT2D eigenvalue weighted by Crippen LogP contribution is 2.25. The summed E-state index contributed by atoms with van der Waals surface area (Å²) < 4.78 is 5.15. The number of aromatic amines is 1. The molecule has 9 nitrogen and oxygen atoms in total. The van der Waals surface area contributed by atoms with Gasteiger partial charge in [0.2, 0.25) is 11.8 Å². The summed E-state index contributed by atoms with van der Waals surface area (Å²) in [6, 6.07) is 11.9. The SMILES string of the molecule is CCOC(=O)C[C@@H](CCc1c[nH]c2ccccc12)NC(=O)CN1CC[C@@H](CCc2ccc3c(n2)NCCC3)C1=O. The maximum absolute atomic E-state index is 13.1. The van der Waals surface area contributed by atoms with Gasteiger partial charge >= 0.3 is 5.97 Å². The molecule has 5 rings (SSSR count). The largest absolute Gasteiger partial charge is 0.466 e. The number of rotatable bonds is 12. The molecular formula is C31H39N5O4. The number of carbonyl (C=O) groups excluding carboxylic acids is 3. The van der Waals surface area contributed by atoms with Crippen molar-refractivity contribution in [2.24, 2.45) is 5.92 Å². The van der Waals surface area contributed by atoms with Crippen molar-refractivity contribution >= 4 is 34.5 Å². The van der Waals surface area contributed by atoms with Crippen molar-refractivity contribution in [1.29, 1.82) is 0 Å². The molecule has 9 heteroatoms. The second-order valence-electron chi connectivity index (χ2n) is 10.8. The summed E-state index contributed by atoms with van der Waals surface area (Å²) in [6.07, 6.45) is 7.74. The van der Waals surface area contributed by atoms with E-state index in [1.165, 1.54) is 5.56 Å². The standard InChI is InChI=1S/C31H39N5O4/c1-2-40-29(38)18-25(14-11-23-19-33-27-8-4-3-7-26(23)27)34-28(37)20-36-17-15-22(31(36)39)10-13-24-12-9-21-6-5-16-32-30(21)35-24/h3-4,7-9,12,19,22,25,33H,2,5-6,10-11,13-18,20H2,1H3,(H,32,35)(H,34,37)/t22-,25-/m1/s1. The Balaban J connectivity index is 1.13. The second-order valence-corrected chi connectivity index (χ2v) is 10.8. The number of nitrogens with one attached hydrogen (secondary N) is 3. The smallest absolute Gasteiger partial charge is 0.307 e. The maximum atomic E-state index is 13.1. The zero-order valence-electron chi connectivity index (χ0n) is 23.2. The molecule has 212 valence electrons. The zero-order chi connectivity index (χ0) is 27.9. The number of nitrogens with zero attached hydrogens (tertiary/aromatic N) is 2. The summed E-state index contributed by atoms with van der Waals surface area (Å²) in [5.41, 5.74) is 4.45. The Morgan fingerprint density at radius 3 is 2.95 bits per heavy atom. The van der Waals surface area contributed by atoms with Crippen LogP contribution in [0.1, 0.15) is 55.8 Å². The molecule has 0 unspecified atom stereocenters. The molecule has 0 bridgehead atoms. The molecule has 1 saturated heterocycles. The van der Waals surface area contributed by atoms with Gasteiger partial charge in [0, 0.05) is 47.8 Å². The van der Waals surface area contributed by atoms with Crippen LogP contribution in [0.5, 0.6) is 0 Å². The number of anilines is 1. The number of aromatic nitrogens is 2. The van der Waals surface area contributed by atoms with Crippen molar-refractivity contribution in [3.63, 3.8) is 0 Å². The molecule has 2 amide bonds. The Morgan fingerprint density at radius 2 is 2.08 bits per heavy atom. The molecule has 2 aliphatic heterocycles. The number of amides is 2. The lowest BCUT2D eigenvalue weighted by atomic mass is 9.99. The lowest BCUT2D eigenvalue weighted by Crippen LogP contribution is -2.44. The van der Waals surface area contributed by atoms with E-state index in [4.69, 9.17) is 9.72 Å². The van der Waals surface area contributed by atoms with Crippen LogP contribution in [0.2, 0.25) is 0 Å². The Kier molecular flexibility index (Phi) is 8.98. The number of H-pyrrole nitrogens is 1. The molecule has 3 N–H and O–H groups in total. The van der Waals surface area contributed by atoms with Crippen molar-refractivity contribution in [2.45, 2.75) is 64.3 Å². The quantitative estimate of drug-likeness (QED) is 0.299. The van der Waals surface area contributed by atoms with Crippen molar-refractivity contribution < 1.29 is 19.1 Å². The van der Waals surface area contributed by atoms with Gasteiger partial charge in [-0.3, -0.25) is 14.4 Å². The number of benzene rings is 1. The van der Waals surface area contributed by atoms with Crippen molar-refractivity contribution in [1.82, 2.24) is 20.2 Å². The van der Waals surface area contributed by atoms with Gasteiger partial charge in [-0.1, -0.05) is 24.3 Å². The van der Waals surface area contributed by atoms with Crippen molar-refractivity contribution in [3.05, 3.63) is 59.4 Å². The van der Waals surface area contributed by atoms with E-state index in [9.17, 15) is 14.4 Å². The van der Waals surface area contributed by atoms with Gasteiger partial charge in [0.1, 0.15) is 5.82 Å². The Labute approximate surface area is 235 Å². The molecule has 4 heterocycles. The molecule has 0 radical (unpaired) electrons. The third-order valence-electron chi connectivity index (χ3n) is 7.96. The van der Waals surface area contributed by atoms with Gasteiger partial charge in [-0.25, -0.2) is 4.98 Å². The Hall–Kier alpha value is -3.88. The fourth-order valence-electron chi connectivity index (χ4n) is 5.82. The number of ether oxygens (including phenoxy) is 1. The van der Waals surface area contributed by atoms with Crippen LogP contribution in [0, 0.1) is 5.92 Å². The van der Waals surface area contributed by atoms with E-state index in [0.29, 0.717) is 26.0 Å². The highest BCUT2D eigenvalue weighted by atomic mass is 16.5. The molecule has 1 aromatic carbocycles. The normalized spacial score (nSPS) is 17.4. The molecule has 1 fully saturated rings. The number of para-hydroxylation sites is 1. The summed E-state index contributed by atoms with van der Waals surface area (Å²) in [5, 5.41) is 7.51. The number of fused-ring (bicyclic) bond motifs is 2. The second kappa shape index (κ2) is 13.0. The number of pyridine rings is 1. The number of esters is 1. The summed E-state index contributed by atoms with van der Waals surface area (Å²) in [6.45, 7) is 3.58. The first kappa shape index (κ1) is 27.7. The zero-order valence-corrected chi connectivity index (χ0v) is 23.2. The van der Waals surface area contributed by atoms with E-state index < -0.39 is 0 Å². The first-order valence-corrected chi connectivity index (χ1v) is 14.5. The molecule has 2 aliphatic rings. The molecule has 2 atom stereocenters. The number of carbonyl (C=O) groups is 3. The summed E-state index contributed by atoms with van der Waals surface area (Å²) in [7, 11) is 0. The average molecular weight is 546 g/mol. The van der Waals surface area contributed by atoms with Crippen LogP contribution in [-0.2, 0) is 38.4 Å². The lowest BCUT2D eigenvalue weighted by Gasteiger charge is -2.21. The van der Waals surface area contributed by atoms with E-state index in [2.05, 4.69) is 33.8 Å². The maximum Gasteiger partial charge on any atom is 0.307 e. The summed E-state index contributed by atoms with van der Waals surface area (Å²) >= 11 is 0. The molecular weight excluding hydrogens is 506 g/mol. The summed E-state index contributed by atoms with van der Waals surface area (Å²) in [4.78, 5) is 48.0. The number of hydrogen-bond acceptors (Lipinski definition) is 6. The van der Waals surface area contributed by atoms with Crippen LogP contribution in [-0.4, -0.2) is 64.9 Å².